The van der Waals surface area contributed by atoms with E-state index in [1.165, 1.54) is 28.4 Å². The van der Waals surface area contributed by atoms with Gasteiger partial charge in [0.2, 0.25) is 0 Å². The second-order valence-corrected chi connectivity index (χ2v) is 7.95. The minimum atomic E-state index is -4.43. The summed E-state index contributed by atoms with van der Waals surface area (Å²) in [6.45, 7) is 3.67. The summed E-state index contributed by atoms with van der Waals surface area (Å²) in [5.41, 5.74) is 0.166. The Morgan fingerprint density at radius 1 is 1.19 bits per heavy atom. The molecule has 1 N–H and O–H groups in total. The summed E-state index contributed by atoms with van der Waals surface area (Å²) in [5, 5.41) is 4.21. The lowest BCUT2D eigenvalue weighted by atomic mass is 10.1. The lowest BCUT2D eigenvalue weighted by Gasteiger charge is -2.11. The number of carbonyl (C=O) groups excluding carboxylic acids is 1. The molecule has 3 aromatic heterocycles. The van der Waals surface area contributed by atoms with E-state index in [1.54, 1.807) is 12.3 Å². The van der Waals surface area contributed by atoms with Crippen LogP contribution in [0.1, 0.15) is 31.4 Å². The first-order valence-electron chi connectivity index (χ1n) is 11.1. The Balaban J connectivity index is 1.59. The van der Waals surface area contributed by atoms with Crippen molar-refractivity contribution in [1.82, 2.24) is 29.3 Å². The van der Waals surface area contributed by atoms with Gasteiger partial charge in [-0.2, -0.15) is 23.3 Å². The van der Waals surface area contributed by atoms with Crippen LogP contribution in [0, 0.1) is 0 Å². The molecule has 0 bridgehead atoms. The normalized spacial score (nSPS) is 11.7. The number of hydrogen-bond acceptors (Lipinski definition) is 7. The van der Waals surface area contributed by atoms with Crippen molar-refractivity contribution in [3.05, 3.63) is 58.1 Å². The van der Waals surface area contributed by atoms with Crippen LogP contribution in [-0.2, 0) is 28.8 Å². The second kappa shape index (κ2) is 10.2. The van der Waals surface area contributed by atoms with E-state index < -0.39 is 17.7 Å². The fourth-order valence-electron chi connectivity index (χ4n) is 3.56. The average Bonchev–Trinajstić information content (AvgIpc) is 3.46. The highest BCUT2D eigenvalue weighted by Gasteiger charge is 2.30. The van der Waals surface area contributed by atoms with Crippen LogP contribution in [0.4, 0.5) is 13.2 Å². The third-order valence-corrected chi connectivity index (χ3v) is 5.15. The summed E-state index contributed by atoms with van der Waals surface area (Å²) in [5.74, 6) is -0.122. The summed E-state index contributed by atoms with van der Waals surface area (Å²) >= 11 is 0. The monoisotopic (exact) mass is 504 g/mol. The van der Waals surface area contributed by atoms with E-state index in [4.69, 9.17) is 9.47 Å². The van der Waals surface area contributed by atoms with Crippen LogP contribution in [0.25, 0.3) is 22.6 Å². The highest BCUT2D eigenvalue weighted by molar-refractivity contribution is 5.75. The zero-order valence-electron chi connectivity index (χ0n) is 19.5. The number of benzene rings is 1. The number of esters is 1. The number of imidazole rings is 1. The van der Waals surface area contributed by atoms with Gasteiger partial charge >= 0.3 is 18.2 Å². The van der Waals surface area contributed by atoms with Gasteiger partial charge in [-0.15, -0.1) is 0 Å². The third kappa shape index (κ3) is 5.56. The molecule has 0 fully saturated rings. The van der Waals surface area contributed by atoms with E-state index in [2.05, 4.69) is 20.1 Å². The molecule has 0 aliphatic heterocycles. The number of ether oxygens (including phenoxy) is 2. The first-order valence-corrected chi connectivity index (χ1v) is 11.1. The van der Waals surface area contributed by atoms with Crippen molar-refractivity contribution >= 4 is 17.1 Å². The van der Waals surface area contributed by atoms with Crippen molar-refractivity contribution in [3.8, 4) is 17.4 Å². The third-order valence-electron chi connectivity index (χ3n) is 5.15. The number of halogens is 3. The highest BCUT2D eigenvalue weighted by atomic mass is 19.4. The van der Waals surface area contributed by atoms with Crippen LogP contribution in [-0.4, -0.2) is 48.5 Å². The van der Waals surface area contributed by atoms with Gasteiger partial charge in [-0.3, -0.25) is 18.8 Å². The van der Waals surface area contributed by atoms with Crippen molar-refractivity contribution in [2.45, 2.75) is 39.5 Å². The van der Waals surface area contributed by atoms with Gasteiger partial charge in [-0.1, -0.05) is 19.1 Å². The number of rotatable bonds is 9. The molecular formula is C23H23F3N6O4. The summed E-state index contributed by atoms with van der Waals surface area (Å²) in [7, 11) is 0. The summed E-state index contributed by atoms with van der Waals surface area (Å²) < 4.78 is 52.2. The lowest BCUT2D eigenvalue weighted by molar-refractivity contribution is -0.141. The molecule has 4 rings (SSSR count). The van der Waals surface area contributed by atoms with Crippen LogP contribution >= 0.6 is 0 Å². The average molecular weight is 504 g/mol. The molecule has 36 heavy (non-hydrogen) atoms. The molecule has 0 unspecified atom stereocenters. The van der Waals surface area contributed by atoms with Crippen LogP contribution in [0.15, 0.2) is 41.5 Å². The van der Waals surface area contributed by atoms with Gasteiger partial charge in [0.15, 0.2) is 11.2 Å². The molecule has 0 saturated heterocycles. The second-order valence-electron chi connectivity index (χ2n) is 7.95. The molecule has 0 aliphatic carbocycles. The standard InChI is InChI=1S/C23H23F3N6O4/c1-3-7-32-21(34)18-20(30-22(32)36-9-8-35-14(2)33)29-19(28-18)16-11-27-31(13-16)12-15-5-4-6-17(10-15)23(24,25)26/h4-6,10-11,13H,3,7-9,12H2,1-2H3,(H,28,29). The molecule has 0 spiro atoms. The summed E-state index contributed by atoms with van der Waals surface area (Å²) in [4.78, 5) is 35.7. The van der Waals surface area contributed by atoms with Crippen LogP contribution in [0.5, 0.6) is 6.01 Å². The zero-order valence-corrected chi connectivity index (χ0v) is 19.5. The fourth-order valence-corrected chi connectivity index (χ4v) is 3.56. The summed E-state index contributed by atoms with van der Waals surface area (Å²) in [6.07, 6.45) is -0.678. The molecule has 0 aliphatic rings. The Morgan fingerprint density at radius 2 is 2.00 bits per heavy atom. The molecule has 0 saturated carbocycles. The van der Waals surface area contributed by atoms with Gasteiger partial charge in [0.1, 0.15) is 19.0 Å². The van der Waals surface area contributed by atoms with E-state index in [1.807, 2.05) is 6.92 Å². The largest absolute Gasteiger partial charge is 0.462 e. The minimum absolute atomic E-state index is 0.00619. The molecule has 4 aromatic rings. The van der Waals surface area contributed by atoms with Gasteiger partial charge < -0.3 is 14.5 Å². The smallest absolute Gasteiger partial charge is 0.416 e. The van der Waals surface area contributed by atoms with Crippen molar-refractivity contribution < 1.29 is 27.4 Å². The fraction of sp³-hybridized carbons (Fsp3) is 0.348. The Bertz CT molecular complexity index is 1440. The van der Waals surface area contributed by atoms with Crippen LogP contribution in [0.3, 0.4) is 0 Å². The quantitative estimate of drug-likeness (QED) is 0.274. The number of carbonyl (C=O) groups is 1. The van der Waals surface area contributed by atoms with Gasteiger partial charge in [-0.25, -0.2) is 4.98 Å². The number of fused-ring (bicyclic) bond motifs is 1. The zero-order chi connectivity index (χ0) is 25.9. The summed E-state index contributed by atoms with van der Waals surface area (Å²) in [6, 6.07) is 5.08. The van der Waals surface area contributed by atoms with Crippen molar-refractivity contribution in [2.24, 2.45) is 0 Å². The maximum atomic E-state index is 13.1. The number of nitrogens with one attached hydrogen (secondary N) is 1. The maximum Gasteiger partial charge on any atom is 0.416 e. The number of nitrogens with zero attached hydrogens (tertiary/aromatic N) is 5. The lowest BCUT2D eigenvalue weighted by Crippen LogP contribution is -2.25. The van der Waals surface area contributed by atoms with E-state index in [0.717, 1.165) is 12.1 Å². The molecular weight excluding hydrogens is 481 g/mol. The molecule has 0 radical (unpaired) electrons. The van der Waals surface area contributed by atoms with E-state index in [0.29, 0.717) is 29.9 Å². The molecule has 13 heteroatoms. The van der Waals surface area contributed by atoms with Crippen LogP contribution < -0.4 is 10.3 Å². The van der Waals surface area contributed by atoms with Gasteiger partial charge in [0, 0.05) is 19.7 Å². The number of aromatic nitrogens is 6. The topological polar surface area (TPSA) is 117 Å². The van der Waals surface area contributed by atoms with Crippen molar-refractivity contribution in [3.63, 3.8) is 0 Å². The predicted octanol–water partition coefficient (Wildman–Crippen LogP) is 3.40. The predicted molar refractivity (Wildman–Crippen MR) is 122 cm³/mol. The molecule has 10 nitrogen and oxygen atoms in total. The molecule has 190 valence electrons. The van der Waals surface area contributed by atoms with E-state index in [-0.39, 0.29) is 42.5 Å². The van der Waals surface area contributed by atoms with Crippen LogP contribution in [0.2, 0.25) is 0 Å². The Kier molecular flexibility index (Phi) is 7.08. The van der Waals surface area contributed by atoms with E-state index >= 15 is 0 Å². The minimum Gasteiger partial charge on any atom is -0.462 e. The molecule has 0 atom stereocenters. The van der Waals surface area contributed by atoms with Gasteiger partial charge in [0.05, 0.1) is 23.9 Å². The van der Waals surface area contributed by atoms with E-state index in [9.17, 15) is 22.8 Å². The Morgan fingerprint density at radius 3 is 2.72 bits per heavy atom. The number of H-pyrrole nitrogens is 1. The number of alkyl halides is 3. The first-order chi connectivity index (χ1) is 17.2. The number of aromatic amines is 1. The Hall–Kier alpha value is -4.16. The molecule has 3 heterocycles. The van der Waals surface area contributed by atoms with Gasteiger partial charge in [-0.05, 0) is 24.1 Å². The first kappa shape index (κ1) is 24.9. The van der Waals surface area contributed by atoms with Gasteiger partial charge in [0.25, 0.3) is 5.56 Å². The van der Waals surface area contributed by atoms with Crippen molar-refractivity contribution in [1.29, 1.82) is 0 Å². The Labute approximate surface area is 202 Å². The SMILES string of the molecule is CCCn1c(OCCOC(C)=O)nc2nc(-c3cnn(Cc4cccc(C(F)(F)F)c4)c3)[nH]c2c1=O. The molecule has 0 amide bonds. The highest BCUT2D eigenvalue weighted by Crippen LogP contribution is 2.29. The number of hydrogen-bond donors (Lipinski definition) is 1. The molecule has 1 aromatic carbocycles. The van der Waals surface area contributed by atoms with Crippen molar-refractivity contribution in [2.75, 3.05) is 13.2 Å². The maximum absolute atomic E-state index is 13.1.